The molecule has 0 radical (unpaired) electrons. The minimum absolute atomic E-state index is 0.188. The Kier molecular flexibility index (Phi) is 4.30. The maximum absolute atomic E-state index is 12.1. The van der Waals surface area contributed by atoms with Crippen LogP contribution in [0.4, 0.5) is 5.69 Å². The van der Waals surface area contributed by atoms with Crippen LogP contribution in [0.1, 0.15) is 16.9 Å². The van der Waals surface area contributed by atoms with Gasteiger partial charge in [0.1, 0.15) is 5.69 Å². The largest absolute Gasteiger partial charge is 0.399 e. The van der Waals surface area contributed by atoms with Crippen LogP contribution < -0.4 is 11.1 Å². The number of benzene rings is 1. The van der Waals surface area contributed by atoms with E-state index in [9.17, 15) is 4.79 Å². The molecule has 19 heavy (non-hydrogen) atoms. The van der Waals surface area contributed by atoms with Crippen molar-refractivity contribution in [3.05, 3.63) is 36.2 Å². The standard InChI is InChI=1S/C14H17N3O2/c1-19-8-2-6-17-14(18)13-12-9-11(15)4-3-10(12)5-7-16-13/h3-5,7,9H,2,6,8,15H2,1H3,(H,17,18). The van der Waals surface area contributed by atoms with E-state index in [-0.39, 0.29) is 5.91 Å². The van der Waals surface area contributed by atoms with E-state index in [1.807, 2.05) is 18.2 Å². The van der Waals surface area contributed by atoms with E-state index in [1.54, 1.807) is 19.4 Å². The molecule has 0 fully saturated rings. The molecule has 2 aromatic rings. The van der Waals surface area contributed by atoms with Crippen molar-refractivity contribution in [1.29, 1.82) is 0 Å². The molecule has 0 unspecified atom stereocenters. The minimum atomic E-state index is -0.188. The molecule has 0 aliphatic carbocycles. The summed E-state index contributed by atoms with van der Waals surface area (Å²) in [5, 5.41) is 4.54. The number of methoxy groups -OCH3 is 1. The summed E-state index contributed by atoms with van der Waals surface area (Å²) in [7, 11) is 1.64. The predicted molar refractivity (Wildman–Crippen MR) is 75.0 cm³/mol. The summed E-state index contributed by atoms with van der Waals surface area (Å²) >= 11 is 0. The van der Waals surface area contributed by atoms with Crippen LogP contribution in [0.25, 0.3) is 10.8 Å². The first-order valence-corrected chi connectivity index (χ1v) is 6.14. The summed E-state index contributed by atoms with van der Waals surface area (Å²) in [6.45, 7) is 1.18. The lowest BCUT2D eigenvalue weighted by molar-refractivity contribution is 0.0945. The number of rotatable bonds is 5. The van der Waals surface area contributed by atoms with Crippen LogP contribution in [0.5, 0.6) is 0 Å². The first kappa shape index (κ1) is 13.3. The molecule has 0 atom stereocenters. The smallest absolute Gasteiger partial charge is 0.270 e. The van der Waals surface area contributed by atoms with Gasteiger partial charge in [0, 0.05) is 37.5 Å². The molecule has 0 aliphatic rings. The number of nitrogens with one attached hydrogen (secondary N) is 1. The van der Waals surface area contributed by atoms with Gasteiger partial charge in [-0.3, -0.25) is 9.78 Å². The van der Waals surface area contributed by atoms with Crippen molar-refractivity contribution in [2.45, 2.75) is 6.42 Å². The molecule has 0 aliphatic heterocycles. The highest BCUT2D eigenvalue weighted by atomic mass is 16.5. The van der Waals surface area contributed by atoms with Gasteiger partial charge in [-0.1, -0.05) is 6.07 Å². The molecule has 3 N–H and O–H groups in total. The third-order valence-corrected chi connectivity index (χ3v) is 2.82. The van der Waals surface area contributed by atoms with Crippen molar-refractivity contribution >= 4 is 22.4 Å². The van der Waals surface area contributed by atoms with E-state index < -0.39 is 0 Å². The van der Waals surface area contributed by atoms with Crippen LogP contribution in [0, 0.1) is 0 Å². The molecule has 0 spiro atoms. The Morgan fingerprint density at radius 3 is 3.05 bits per heavy atom. The normalized spacial score (nSPS) is 10.6. The minimum Gasteiger partial charge on any atom is -0.399 e. The Hall–Kier alpha value is -2.14. The number of fused-ring (bicyclic) bond motifs is 1. The zero-order chi connectivity index (χ0) is 13.7. The van der Waals surface area contributed by atoms with E-state index in [0.717, 1.165) is 17.2 Å². The average Bonchev–Trinajstić information content (AvgIpc) is 2.42. The number of anilines is 1. The van der Waals surface area contributed by atoms with Gasteiger partial charge in [0.2, 0.25) is 0 Å². The Balaban J connectivity index is 2.19. The second kappa shape index (κ2) is 6.15. The monoisotopic (exact) mass is 259 g/mol. The van der Waals surface area contributed by atoms with Gasteiger partial charge in [-0.2, -0.15) is 0 Å². The molecule has 1 aromatic heterocycles. The Bertz CT molecular complexity index is 584. The van der Waals surface area contributed by atoms with Gasteiger partial charge >= 0.3 is 0 Å². The van der Waals surface area contributed by atoms with E-state index in [4.69, 9.17) is 10.5 Å². The van der Waals surface area contributed by atoms with Crippen molar-refractivity contribution in [2.75, 3.05) is 26.0 Å². The highest BCUT2D eigenvalue weighted by Gasteiger charge is 2.11. The van der Waals surface area contributed by atoms with E-state index >= 15 is 0 Å². The fraction of sp³-hybridized carbons (Fsp3) is 0.286. The number of carbonyl (C=O) groups is 1. The topological polar surface area (TPSA) is 77.2 Å². The number of carbonyl (C=O) groups excluding carboxylic acids is 1. The molecule has 1 heterocycles. The molecule has 0 saturated carbocycles. The van der Waals surface area contributed by atoms with Crippen molar-refractivity contribution in [3.8, 4) is 0 Å². The highest BCUT2D eigenvalue weighted by molar-refractivity contribution is 6.05. The Morgan fingerprint density at radius 1 is 1.42 bits per heavy atom. The van der Waals surface area contributed by atoms with E-state index in [1.165, 1.54) is 0 Å². The van der Waals surface area contributed by atoms with Gasteiger partial charge in [0.15, 0.2) is 0 Å². The van der Waals surface area contributed by atoms with E-state index in [2.05, 4.69) is 10.3 Å². The van der Waals surface area contributed by atoms with Crippen LogP contribution >= 0.6 is 0 Å². The number of ether oxygens (including phenoxy) is 1. The van der Waals surface area contributed by atoms with E-state index in [0.29, 0.717) is 24.5 Å². The molecule has 1 aromatic carbocycles. The zero-order valence-corrected chi connectivity index (χ0v) is 10.8. The van der Waals surface area contributed by atoms with Gasteiger partial charge in [0.05, 0.1) is 0 Å². The maximum Gasteiger partial charge on any atom is 0.270 e. The summed E-state index contributed by atoms with van der Waals surface area (Å²) in [6, 6.07) is 7.32. The number of pyridine rings is 1. The maximum atomic E-state index is 12.1. The summed E-state index contributed by atoms with van der Waals surface area (Å²) in [6.07, 6.45) is 2.40. The molecule has 2 rings (SSSR count). The van der Waals surface area contributed by atoms with Gasteiger partial charge in [-0.05, 0) is 30.0 Å². The van der Waals surface area contributed by atoms with Crippen LogP contribution in [0.3, 0.4) is 0 Å². The van der Waals surface area contributed by atoms with Crippen LogP contribution in [0.15, 0.2) is 30.5 Å². The molecule has 0 saturated heterocycles. The third kappa shape index (κ3) is 3.20. The SMILES string of the molecule is COCCCNC(=O)c1nccc2ccc(N)cc12. The van der Waals surface area contributed by atoms with Gasteiger partial charge < -0.3 is 15.8 Å². The lowest BCUT2D eigenvalue weighted by Crippen LogP contribution is -2.26. The quantitative estimate of drug-likeness (QED) is 0.631. The average molecular weight is 259 g/mol. The van der Waals surface area contributed by atoms with Crippen LogP contribution in [-0.2, 0) is 4.74 Å². The van der Waals surface area contributed by atoms with Gasteiger partial charge in [0.25, 0.3) is 5.91 Å². The highest BCUT2D eigenvalue weighted by Crippen LogP contribution is 2.19. The number of aromatic nitrogens is 1. The first-order valence-electron chi connectivity index (χ1n) is 6.14. The second-order valence-electron chi connectivity index (χ2n) is 4.24. The number of hydrogen-bond acceptors (Lipinski definition) is 4. The molecule has 5 nitrogen and oxygen atoms in total. The summed E-state index contributed by atoms with van der Waals surface area (Å²) in [5.41, 5.74) is 6.78. The van der Waals surface area contributed by atoms with Gasteiger partial charge in [-0.25, -0.2) is 0 Å². The lowest BCUT2D eigenvalue weighted by Gasteiger charge is -2.07. The summed E-state index contributed by atoms with van der Waals surface area (Å²) in [4.78, 5) is 16.2. The third-order valence-electron chi connectivity index (χ3n) is 2.82. The molecule has 1 amide bonds. The van der Waals surface area contributed by atoms with Crippen LogP contribution in [-0.4, -0.2) is 31.2 Å². The van der Waals surface area contributed by atoms with Crippen molar-refractivity contribution in [3.63, 3.8) is 0 Å². The van der Waals surface area contributed by atoms with Gasteiger partial charge in [-0.15, -0.1) is 0 Å². The number of nitrogens with zero attached hydrogens (tertiary/aromatic N) is 1. The molecule has 5 heteroatoms. The second-order valence-corrected chi connectivity index (χ2v) is 4.24. The molecule has 0 bridgehead atoms. The fourth-order valence-corrected chi connectivity index (χ4v) is 1.87. The molecule has 100 valence electrons. The van der Waals surface area contributed by atoms with Crippen LogP contribution in [0.2, 0.25) is 0 Å². The Labute approximate surface area is 111 Å². The first-order chi connectivity index (χ1) is 9.22. The van der Waals surface area contributed by atoms with Crippen molar-refractivity contribution in [1.82, 2.24) is 10.3 Å². The summed E-state index contributed by atoms with van der Waals surface area (Å²) in [5.74, 6) is -0.188. The zero-order valence-electron chi connectivity index (χ0n) is 10.8. The predicted octanol–water partition coefficient (Wildman–Crippen LogP) is 1.58. The lowest BCUT2D eigenvalue weighted by atomic mass is 10.1. The molecular formula is C14H17N3O2. The fourth-order valence-electron chi connectivity index (χ4n) is 1.87. The Morgan fingerprint density at radius 2 is 2.26 bits per heavy atom. The number of hydrogen-bond donors (Lipinski definition) is 2. The number of nitrogen functional groups attached to an aromatic ring is 1. The number of nitrogens with two attached hydrogens (primary N) is 1. The number of amides is 1. The van der Waals surface area contributed by atoms with Crippen molar-refractivity contribution in [2.24, 2.45) is 0 Å². The van der Waals surface area contributed by atoms with Crippen molar-refractivity contribution < 1.29 is 9.53 Å². The summed E-state index contributed by atoms with van der Waals surface area (Å²) < 4.78 is 4.93. The molecular weight excluding hydrogens is 242 g/mol.